The molecular weight excluding hydrogens is 524 g/mol. The molecule has 0 atom stereocenters. The molecule has 10 heteroatoms. The highest BCUT2D eigenvalue weighted by Crippen LogP contribution is 2.35. The summed E-state index contributed by atoms with van der Waals surface area (Å²) < 4.78 is 1.92. The summed E-state index contributed by atoms with van der Waals surface area (Å²) in [5, 5.41) is 3.88. The molecule has 1 aliphatic heterocycles. The molecular formula is C23H15Cl4N3O2S. The number of benzene rings is 2. The second-order valence-electron chi connectivity index (χ2n) is 7.29. The zero-order valence-corrected chi connectivity index (χ0v) is 21.1. The van der Waals surface area contributed by atoms with E-state index in [0.29, 0.717) is 15.6 Å². The van der Waals surface area contributed by atoms with Crippen LogP contribution in [0.3, 0.4) is 0 Å². The van der Waals surface area contributed by atoms with Crippen molar-refractivity contribution in [3.63, 3.8) is 0 Å². The van der Waals surface area contributed by atoms with E-state index in [0.717, 1.165) is 22.0 Å². The number of aromatic nitrogens is 1. The highest BCUT2D eigenvalue weighted by Gasteiger charge is 2.36. The van der Waals surface area contributed by atoms with Crippen molar-refractivity contribution in [2.45, 2.75) is 13.8 Å². The maximum Gasteiger partial charge on any atom is 0.270 e. The molecule has 0 radical (unpaired) electrons. The number of hydrogen-bond donors (Lipinski definition) is 1. The van der Waals surface area contributed by atoms with Crippen LogP contribution in [-0.4, -0.2) is 21.5 Å². The SMILES string of the molecule is Cc1cc(/C=C2\C(=O)NC(=S)N(c3cccc(Cl)c3Cl)C2=O)c(C)n1-c1ccc(Cl)cc1Cl. The molecule has 1 aromatic heterocycles. The molecule has 1 aliphatic rings. The zero-order valence-electron chi connectivity index (χ0n) is 17.2. The van der Waals surface area contributed by atoms with Crippen molar-refractivity contribution >= 4 is 87.3 Å². The van der Waals surface area contributed by atoms with Gasteiger partial charge in [0.05, 0.1) is 26.4 Å². The number of nitrogens with zero attached hydrogens (tertiary/aromatic N) is 2. The van der Waals surface area contributed by atoms with Crippen molar-refractivity contribution in [2.24, 2.45) is 0 Å². The summed E-state index contributed by atoms with van der Waals surface area (Å²) in [5.41, 5.74) is 3.23. The van der Waals surface area contributed by atoms with Gasteiger partial charge in [0.2, 0.25) is 0 Å². The van der Waals surface area contributed by atoms with Crippen LogP contribution in [0, 0.1) is 13.8 Å². The molecule has 1 saturated heterocycles. The fourth-order valence-corrected chi connectivity index (χ4v) is 4.81. The van der Waals surface area contributed by atoms with Gasteiger partial charge >= 0.3 is 0 Å². The van der Waals surface area contributed by atoms with Crippen LogP contribution in [0.1, 0.15) is 17.0 Å². The standard InChI is InChI=1S/C23H15Cl4N3O2S/c1-11-8-13(12(2)29(11)18-7-6-14(24)10-17(18)26)9-15-21(31)28-23(33)30(22(15)32)19-5-3-4-16(25)20(19)27/h3-10H,1-2H3,(H,28,31,33)/b15-9+. The molecule has 2 amide bonds. The quantitative estimate of drug-likeness (QED) is 0.234. The fraction of sp³-hybridized carbons (Fsp3) is 0.0870. The molecule has 5 nitrogen and oxygen atoms in total. The summed E-state index contributed by atoms with van der Waals surface area (Å²) in [4.78, 5) is 27.2. The molecule has 3 aromatic rings. The van der Waals surface area contributed by atoms with Crippen molar-refractivity contribution < 1.29 is 9.59 Å². The number of amides is 2. The molecule has 2 heterocycles. The summed E-state index contributed by atoms with van der Waals surface area (Å²) in [6.45, 7) is 3.77. The molecule has 0 spiro atoms. The Hall–Kier alpha value is -2.35. The molecule has 2 aromatic carbocycles. The van der Waals surface area contributed by atoms with Gasteiger partial charge in [0.25, 0.3) is 11.8 Å². The van der Waals surface area contributed by atoms with E-state index in [4.69, 9.17) is 58.6 Å². The van der Waals surface area contributed by atoms with Crippen LogP contribution in [0.5, 0.6) is 0 Å². The third-order valence-corrected chi connectivity index (χ3v) is 6.83. The predicted octanol–water partition coefficient (Wildman–Crippen LogP) is 6.54. The van der Waals surface area contributed by atoms with Gasteiger partial charge in [0.1, 0.15) is 5.57 Å². The topological polar surface area (TPSA) is 54.3 Å². The van der Waals surface area contributed by atoms with Gasteiger partial charge in [-0.25, -0.2) is 0 Å². The molecule has 0 unspecified atom stereocenters. The highest BCUT2D eigenvalue weighted by atomic mass is 35.5. The molecule has 1 N–H and O–H groups in total. The zero-order chi connectivity index (χ0) is 24.0. The first-order valence-electron chi connectivity index (χ1n) is 9.60. The number of halogens is 4. The monoisotopic (exact) mass is 537 g/mol. The number of aryl methyl sites for hydroxylation is 1. The molecule has 4 rings (SSSR count). The van der Waals surface area contributed by atoms with Gasteiger partial charge in [-0.2, -0.15) is 0 Å². The van der Waals surface area contributed by atoms with Crippen LogP contribution in [0.4, 0.5) is 5.69 Å². The molecule has 0 aliphatic carbocycles. The lowest BCUT2D eigenvalue weighted by Gasteiger charge is -2.29. The van der Waals surface area contributed by atoms with E-state index in [-0.39, 0.29) is 26.4 Å². The van der Waals surface area contributed by atoms with Gasteiger partial charge in [-0.3, -0.25) is 19.8 Å². The van der Waals surface area contributed by atoms with Crippen molar-refractivity contribution in [3.05, 3.63) is 85.1 Å². The Morgan fingerprint density at radius 1 is 0.939 bits per heavy atom. The van der Waals surface area contributed by atoms with E-state index in [1.807, 2.05) is 24.5 Å². The minimum Gasteiger partial charge on any atom is -0.316 e. The highest BCUT2D eigenvalue weighted by molar-refractivity contribution is 7.80. The van der Waals surface area contributed by atoms with Crippen molar-refractivity contribution in [2.75, 3.05) is 4.90 Å². The summed E-state index contributed by atoms with van der Waals surface area (Å²) in [7, 11) is 0. The number of hydrogen-bond acceptors (Lipinski definition) is 3. The molecule has 168 valence electrons. The number of nitrogens with one attached hydrogen (secondary N) is 1. The van der Waals surface area contributed by atoms with Gasteiger partial charge in [0.15, 0.2) is 5.11 Å². The van der Waals surface area contributed by atoms with E-state index in [2.05, 4.69) is 5.32 Å². The van der Waals surface area contributed by atoms with E-state index in [1.165, 1.54) is 6.08 Å². The Morgan fingerprint density at radius 2 is 1.67 bits per heavy atom. The summed E-state index contributed by atoms with van der Waals surface area (Å²) in [5.74, 6) is -1.21. The lowest BCUT2D eigenvalue weighted by molar-refractivity contribution is -0.122. The van der Waals surface area contributed by atoms with Crippen LogP contribution in [-0.2, 0) is 9.59 Å². The Balaban J connectivity index is 1.80. The molecule has 33 heavy (non-hydrogen) atoms. The van der Waals surface area contributed by atoms with E-state index >= 15 is 0 Å². The molecule has 0 saturated carbocycles. The van der Waals surface area contributed by atoms with E-state index < -0.39 is 11.8 Å². The van der Waals surface area contributed by atoms with Gasteiger partial charge in [-0.05, 0) is 74.1 Å². The van der Waals surface area contributed by atoms with Crippen LogP contribution >= 0.6 is 58.6 Å². The maximum atomic E-state index is 13.3. The Kier molecular flexibility index (Phi) is 6.58. The Labute approximate surface area is 215 Å². The number of thiocarbonyl (C=S) groups is 1. The summed E-state index contributed by atoms with van der Waals surface area (Å²) in [6.07, 6.45) is 1.52. The van der Waals surface area contributed by atoms with E-state index in [9.17, 15) is 9.59 Å². The van der Waals surface area contributed by atoms with Crippen molar-refractivity contribution in [3.8, 4) is 5.69 Å². The second-order valence-corrected chi connectivity index (χ2v) is 9.30. The number of carbonyl (C=O) groups excluding carboxylic acids is 2. The van der Waals surface area contributed by atoms with Crippen LogP contribution < -0.4 is 10.2 Å². The van der Waals surface area contributed by atoms with Gasteiger partial charge in [-0.1, -0.05) is 52.5 Å². The average Bonchev–Trinajstić information content (AvgIpc) is 3.01. The molecule has 0 bridgehead atoms. The lowest BCUT2D eigenvalue weighted by Crippen LogP contribution is -2.54. The van der Waals surface area contributed by atoms with E-state index in [1.54, 1.807) is 36.4 Å². The van der Waals surface area contributed by atoms with Gasteiger partial charge < -0.3 is 4.57 Å². The Bertz CT molecular complexity index is 1380. The van der Waals surface area contributed by atoms with Crippen molar-refractivity contribution in [1.29, 1.82) is 0 Å². The molecule has 1 fully saturated rings. The maximum absolute atomic E-state index is 13.3. The van der Waals surface area contributed by atoms with Crippen LogP contribution in [0.2, 0.25) is 20.1 Å². The number of rotatable bonds is 3. The van der Waals surface area contributed by atoms with Crippen molar-refractivity contribution in [1.82, 2.24) is 9.88 Å². The normalized spacial score (nSPS) is 15.4. The van der Waals surface area contributed by atoms with Gasteiger partial charge in [0, 0.05) is 16.4 Å². The number of carbonyl (C=O) groups is 2. The minimum absolute atomic E-state index is 0.0789. The van der Waals surface area contributed by atoms with Crippen LogP contribution in [0.25, 0.3) is 11.8 Å². The summed E-state index contributed by atoms with van der Waals surface area (Å²) in [6, 6.07) is 11.9. The Morgan fingerprint density at radius 3 is 2.36 bits per heavy atom. The predicted molar refractivity (Wildman–Crippen MR) is 138 cm³/mol. The fourth-order valence-electron chi connectivity index (χ4n) is 3.66. The largest absolute Gasteiger partial charge is 0.316 e. The summed E-state index contributed by atoms with van der Waals surface area (Å²) >= 11 is 30.1. The van der Waals surface area contributed by atoms with Gasteiger partial charge in [-0.15, -0.1) is 0 Å². The first-order chi connectivity index (χ1) is 15.6. The average molecular weight is 539 g/mol. The first-order valence-corrected chi connectivity index (χ1v) is 11.5. The smallest absolute Gasteiger partial charge is 0.270 e. The van der Waals surface area contributed by atoms with Crippen LogP contribution in [0.15, 0.2) is 48.0 Å². The third kappa shape index (κ3) is 4.29. The number of anilines is 1. The lowest BCUT2D eigenvalue weighted by atomic mass is 10.1. The minimum atomic E-state index is -0.609. The third-order valence-electron chi connectivity index (χ3n) is 5.19. The first kappa shape index (κ1) is 23.8. The second kappa shape index (κ2) is 9.12.